The molecule has 1 saturated heterocycles. The minimum atomic E-state index is 0.429. The van der Waals surface area contributed by atoms with Crippen LogP contribution in [-0.4, -0.2) is 13.1 Å². The summed E-state index contributed by atoms with van der Waals surface area (Å²) >= 11 is 0. The van der Waals surface area contributed by atoms with E-state index >= 15 is 0 Å². The van der Waals surface area contributed by atoms with Crippen LogP contribution in [-0.2, 0) is 0 Å². The van der Waals surface area contributed by atoms with Gasteiger partial charge in [-0.05, 0) is 42.0 Å². The van der Waals surface area contributed by atoms with Crippen LogP contribution in [0.5, 0.6) is 0 Å². The van der Waals surface area contributed by atoms with Crippen molar-refractivity contribution in [1.29, 1.82) is 0 Å². The molecule has 1 heterocycles. The van der Waals surface area contributed by atoms with E-state index in [9.17, 15) is 0 Å². The Hall–Kier alpha value is -1.18. The number of hydrogen-bond donors (Lipinski definition) is 1. The summed E-state index contributed by atoms with van der Waals surface area (Å²) < 4.78 is 0. The zero-order valence-electron chi connectivity index (χ0n) is 10.7. The molecule has 0 amide bonds. The monoisotopic (exact) mass is 218 g/mol. The van der Waals surface area contributed by atoms with Crippen molar-refractivity contribution < 1.29 is 0 Å². The van der Waals surface area contributed by atoms with E-state index in [1.165, 1.54) is 24.3 Å². The highest BCUT2D eigenvalue weighted by molar-refractivity contribution is 5.60. The lowest BCUT2D eigenvalue weighted by Gasteiger charge is -2.48. The maximum atomic E-state index is 5.77. The highest BCUT2D eigenvalue weighted by Crippen LogP contribution is 2.37. The lowest BCUT2D eigenvalue weighted by Crippen LogP contribution is -2.52. The van der Waals surface area contributed by atoms with Gasteiger partial charge in [-0.15, -0.1) is 0 Å². The molecule has 1 fully saturated rings. The molecule has 2 nitrogen and oxygen atoms in total. The first kappa shape index (κ1) is 11.3. The molecule has 88 valence electrons. The average molecular weight is 218 g/mol. The molecule has 1 aliphatic rings. The van der Waals surface area contributed by atoms with Gasteiger partial charge in [0.1, 0.15) is 0 Å². The summed E-state index contributed by atoms with van der Waals surface area (Å²) in [7, 11) is 0. The Morgan fingerprint density at radius 3 is 2.38 bits per heavy atom. The maximum absolute atomic E-state index is 5.77. The number of nitrogens with zero attached hydrogens (tertiary/aromatic N) is 1. The summed E-state index contributed by atoms with van der Waals surface area (Å²) in [6.07, 6.45) is 0. The van der Waals surface area contributed by atoms with Crippen molar-refractivity contribution >= 4 is 11.4 Å². The summed E-state index contributed by atoms with van der Waals surface area (Å²) in [5.41, 5.74) is 9.68. The topological polar surface area (TPSA) is 29.3 Å². The molecule has 1 aliphatic heterocycles. The number of nitrogens with two attached hydrogens (primary N) is 1. The second-order valence-electron chi connectivity index (χ2n) is 6.01. The Labute approximate surface area is 98.4 Å². The van der Waals surface area contributed by atoms with Crippen molar-refractivity contribution in [1.82, 2.24) is 0 Å². The summed E-state index contributed by atoms with van der Waals surface area (Å²) in [6.45, 7) is 11.5. The molecule has 0 aromatic heterocycles. The number of rotatable bonds is 1. The minimum Gasteiger partial charge on any atom is -0.399 e. The van der Waals surface area contributed by atoms with E-state index in [-0.39, 0.29) is 0 Å². The van der Waals surface area contributed by atoms with Crippen LogP contribution >= 0.6 is 0 Å². The maximum Gasteiger partial charge on any atom is 0.0397 e. The van der Waals surface area contributed by atoms with E-state index < -0.39 is 0 Å². The van der Waals surface area contributed by atoms with Gasteiger partial charge in [-0.2, -0.15) is 0 Å². The van der Waals surface area contributed by atoms with Crippen molar-refractivity contribution in [2.45, 2.75) is 27.7 Å². The fourth-order valence-electron chi connectivity index (χ4n) is 2.26. The van der Waals surface area contributed by atoms with Crippen LogP contribution in [0.3, 0.4) is 0 Å². The van der Waals surface area contributed by atoms with E-state index in [1.807, 2.05) is 6.07 Å². The van der Waals surface area contributed by atoms with Crippen molar-refractivity contribution in [3.05, 3.63) is 23.8 Å². The van der Waals surface area contributed by atoms with Crippen molar-refractivity contribution in [2.75, 3.05) is 23.7 Å². The molecule has 0 atom stereocenters. The fourth-order valence-corrected chi connectivity index (χ4v) is 2.26. The van der Waals surface area contributed by atoms with Gasteiger partial charge in [0.15, 0.2) is 0 Å². The predicted molar refractivity (Wildman–Crippen MR) is 70.7 cm³/mol. The normalized spacial score (nSPS) is 17.4. The second kappa shape index (κ2) is 3.69. The highest BCUT2D eigenvalue weighted by atomic mass is 15.2. The van der Waals surface area contributed by atoms with E-state index in [0.717, 1.165) is 11.6 Å². The Bertz CT molecular complexity index is 384. The molecular formula is C14H22N2. The number of nitrogen functional groups attached to an aromatic ring is 1. The third-order valence-electron chi connectivity index (χ3n) is 3.67. The molecule has 1 aromatic rings. The lowest BCUT2D eigenvalue weighted by atomic mass is 9.75. The zero-order chi connectivity index (χ0) is 11.9. The smallest absolute Gasteiger partial charge is 0.0397 e. The SMILES string of the molecule is Cc1cc(N)ccc1N1CC(C(C)(C)C)C1. The Kier molecular flexibility index (Phi) is 2.61. The first-order valence-corrected chi connectivity index (χ1v) is 5.99. The van der Waals surface area contributed by atoms with E-state index in [1.54, 1.807) is 0 Å². The van der Waals surface area contributed by atoms with Crippen LogP contribution in [0.1, 0.15) is 26.3 Å². The largest absolute Gasteiger partial charge is 0.399 e. The molecule has 0 spiro atoms. The highest BCUT2D eigenvalue weighted by Gasteiger charge is 2.36. The van der Waals surface area contributed by atoms with Gasteiger partial charge < -0.3 is 10.6 Å². The van der Waals surface area contributed by atoms with Gasteiger partial charge in [-0.3, -0.25) is 0 Å². The summed E-state index contributed by atoms with van der Waals surface area (Å²) in [5.74, 6) is 0.810. The van der Waals surface area contributed by atoms with Gasteiger partial charge in [0.25, 0.3) is 0 Å². The molecule has 0 radical (unpaired) electrons. The molecule has 16 heavy (non-hydrogen) atoms. The van der Waals surface area contributed by atoms with Crippen LogP contribution in [0.4, 0.5) is 11.4 Å². The van der Waals surface area contributed by atoms with Crippen LogP contribution in [0.25, 0.3) is 0 Å². The van der Waals surface area contributed by atoms with Crippen LogP contribution in [0.15, 0.2) is 18.2 Å². The van der Waals surface area contributed by atoms with Gasteiger partial charge >= 0.3 is 0 Å². The predicted octanol–water partition coefficient (Wildman–Crippen LogP) is 3.06. The molecule has 1 aromatic carbocycles. The molecule has 0 unspecified atom stereocenters. The molecule has 2 N–H and O–H groups in total. The van der Waals surface area contributed by atoms with Crippen LogP contribution in [0.2, 0.25) is 0 Å². The third kappa shape index (κ3) is 2.01. The summed E-state index contributed by atoms with van der Waals surface area (Å²) in [4.78, 5) is 2.45. The van der Waals surface area contributed by atoms with Crippen molar-refractivity contribution in [3.8, 4) is 0 Å². The Morgan fingerprint density at radius 2 is 1.88 bits per heavy atom. The molecule has 0 bridgehead atoms. The summed E-state index contributed by atoms with van der Waals surface area (Å²) in [5, 5.41) is 0. The number of benzene rings is 1. The van der Waals surface area contributed by atoms with Crippen LogP contribution in [0, 0.1) is 18.3 Å². The molecule has 0 aliphatic carbocycles. The standard InChI is InChI=1S/C14H22N2/c1-10-7-12(15)5-6-13(10)16-8-11(9-16)14(2,3)4/h5-7,11H,8-9,15H2,1-4H3. The number of anilines is 2. The third-order valence-corrected chi connectivity index (χ3v) is 3.67. The van der Waals surface area contributed by atoms with Gasteiger partial charge in [0, 0.05) is 24.5 Å². The molecule has 2 heteroatoms. The second-order valence-corrected chi connectivity index (χ2v) is 6.01. The minimum absolute atomic E-state index is 0.429. The van der Waals surface area contributed by atoms with Crippen molar-refractivity contribution in [3.63, 3.8) is 0 Å². The average Bonchev–Trinajstić information content (AvgIpc) is 2.03. The van der Waals surface area contributed by atoms with Gasteiger partial charge in [-0.25, -0.2) is 0 Å². The van der Waals surface area contributed by atoms with Gasteiger partial charge in [-0.1, -0.05) is 20.8 Å². The van der Waals surface area contributed by atoms with Gasteiger partial charge in [0.05, 0.1) is 0 Å². The van der Waals surface area contributed by atoms with E-state index in [0.29, 0.717) is 5.41 Å². The molecule has 0 saturated carbocycles. The molecule has 2 rings (SSSR count). The fraction of sp³-hybridized carbons (Fsp3) is 0.571. The first-order valence-electron chi connectivity index (χ1n) is 5.99. The lowest BCUT2D eigenvalue weighted by molar-refractivity contribution is 0.195. The first-order chi connectivity index (χ1) is 7.38. The zero-order valence-corrected chi connectivity index (χ0v) is 10.7. The quantitative estimate of drug-likeness (QED) is 0.734. The Morgan fingerprint density at radius 1 is 1.25 bits per heavy atom. The van der Waals surface area contributed by atoms with E-state index in [2.05, 4.69) is 44.7 Å². The number of hydrogen-bond acceptors (Lipinski definition) is 2. The van der Waals surface area contributed by atoms with E-state index in [4.69, 9.17) is 5.73 Å². The van der Waals surface area contributed by atoms with Gasteiger partial charge in [0.2, 0.25) is 0 Å². The van der Waals surface area contributed by atoms with Crippen molar-refractivity contribution in [2.24, 2.45) is 11.3 Å². The number of aryl methyl sites for hydroxylation is 1. The Balaban J connectivity index is 2.07. The summed E-state index contributed by atoms with van der Waals surface area (Å²) in [6, 6.07) is 6.19. The molecular weight excluding hydrogens is 196 g/mol. The van der Waals surface area contributed by atoms with Crippen LogP contribution < -0.4 is 10.6 Å².